The highest BCUT2D eigenvalue weighted by Gasteiger charge is 2.27. The van der Waals surface area contributed by atoms with Gasteiger partial charge in [-0.15, -0.1) is 12.4 Å². The third kappa shape index (κ3) is 5.57. The molecule has 1 unspecified atom stereocenters. The van der Waals surface area contributed by atoms with Crippen molar-refractivity contribution in [2.45, 2.75) is 32.7 Å². The normalized spacial score (nSPS) is 16.2. The van der Waals surface area contributed by atoms with Crippen LogP contribution in [0.3, 0.4) is 0 Å². The summed E-state index contributed by atoms with van der Waals surface area (Å²) < 4.78 is 0. The van der Waals surface area contributed by atoms with E-state index in [-0.39, 0.29) is 30.3 Å². The molecule has 150 valence electrons. The van der Waals surface area contributed by atoms with Crippen LogP contribution >= 0.6 is 12.4 Å². The van der Waals surface area contributed by atoms with Crippen molar-refractivity contribution < 1.29 is 9.59 Å². The quantitative estimate of drug-likeness (QED) is 0.807. The molecule has 1 atom stereocenters. The highest BCUT2D eigenvalue weighted by atomic mass is 35.5. The molecule has 1 heterocycles. The van der Waals surface area contributed by atoms with E-state index < -0.39 is 0 Å². The zero-order valence-corrected chi connectivity index (χ0v) is 17.2. The lowest BCUT2D eigenvalue weighted by molar-refractivity contribution is -0.133. The molecule has 6 heteroatoms. The van der Waals surface area contributed by atoms with Crippen molar-refractivity contribution in [3.63, 3.8) is 0 Å². The van der Waals surface area contributed by atoms with Crippen molar-refractivity contribution >= 4 is 29.9 Å². The summed E-state index contributed by atoms with van der Waals surface area (Å²) in [7, 11) is 0. The molecule has 5 nitrogen and oxygen atoms in total. The lowest BCUT2D eigenvalue weighted by Gasteiger charge is -2.36. The van der Waals surface area contributed by atoms with Crippen molar-refractivity contribution in [3.8, 4) is 0 Å². The monoisotopic (exact) mass is 401 g/mol. The van der Waals surface area contributed by atoms with Crippen LogP contribution in [0.25, 0.3) is 0 Å². The number of carbonyl (C=O) groups is 2. The van der Waals surface area contributed by atoms with Gasteiger partial charge < -0.3 is 15.5 Å². The summed E-state index contributed by atoms with van der Waals surface area (Å²) in [4.78, 5) is 26.1. The van der Waals surface area contributed by atoms with Crippen LogP contribution in [-0.2, 0) is 22.4 Å². The highest BCUT2D eigenvalue weighted by Crippen LogP contribution is 2.24. The number of nitrogens with zero attached hydrogens (tertiary/aromatic N) is 1. The van der Waals surface area contributed by atoms with Gasteiger partial charge in [-0.25, -0.2) is 0 Å². The Morgan fingerprint density at radius 2 is 1.71 bits per heavy atom. The first-order valence-electron chi connectivity index (χ1n) is 9.52. The van der Waals surface area contributed by atoms with Crippen molar-refractivity contribution in [1.29, 1.82) is 0 Å². The fourth-order valence-corrected chi connectivity index (χ4v) is 3.46. The Bertz CT molecular complexity index is 790. The molecule has 1 aliphatic heterocycles. The molecule has 0 saturated carbocycles. The minimum absolute atomic E-state index is 0. The van der Waals surface area contributed by atoms with Gasteiger partial charge in [0.1, 0.15) is 0 Å². The van der Waals surface area contributed by atoms with E-state index in [1.165, 1.54) is 18.1 Å². The second-order valence-corrected chi connectivity index (χ2v) is 6.96. The van der Waals surface area contributed by atoms with Crippen molar-refractivity contribution in [2.75, 3.05) is 25.0 Å². The maximum Gasteiger partial charge on any atom is 0.227 e. The van der Waals surface area contributed by atoms with Crippen molar-refractivity contribution in [3.05, 3.63) is 65.2 Å². The van der Waals surface area contributed by atoms with Gasteiger partial charge in [0.25, 0.3) is 0 Å². The van der Waals surface area contributed by atoms with Gasteiger partial charge in [-0.2, -0.15) is 0 Å². The van der Waals surface area contributed by atoms with Gasteiger partial charge in [0.05, 0.1) is 12.5 Å². The van der Waals surface area contributed by atoms with Gasteiger partial charge in [0.15, 0.2) is 0 Å². The van der Waals surface area contributed by atoms with E-state index in [4.69, 9.17) is 0 Å². The zero-order valence-electron chi connectivity index (χ0n) is 16.4. The molecule has 0 aromatic heterocycles. The molecule has 0 spiro atoms. The van der Waals surface area contributed by atoms with E-state index in [9.17, 15) is 9.59 Å². The minimum Gasteiger partial charge on any atom is -0.333 e. The summed E-state index contributed by atoms with van der Waals surface area (Å²) in [6.45, 7) is 5.93. The largest absolute Gasteiger partial charge is 0.333 e. The second kappa shape index (κ2) is 10.2. The van der Waals surface area contributed by atoms with Gasteiger partial charge in [-0.1, -0.05) is 43.3 Å². The molecule has 0 aliphatic carbocycles. The lowest BCUT2D eigenvalue weighted by atomic mass is 10.00. The molecule has 3 rings (SSSR count). The number of nitrogens with one attached hydrogen (secondary N) is 2. The summed E-state index contributed by atoms with van der Waals surface area (Å²) >= 11 is 0. The van der Waals surface area contributed by atoms with Gasteiger partial charge in [0.2, 0.25) is 11.8 Å². The van der Waals surface area contributed by atoms with Crippen LogP contribution < -0.4 is 10.6 Å². The first kappa shape index (κ1) is 21.9. The first-order chi connectivity index (χ1) is 13.1. The Morgan fingerprint density at radius 3 is 2.32 bits per heavy atom. The van der Waals surface area contributed by atoms with Gasteiger partial charge in [-0.3, -0.25) is 9.59 Å². The number of aryl methyl sites for hydroxylation is 1. The molecule has 0 radical (unpaired) electrons. The average Bonchev–Trinajstić information content (AvgIpc) is 2.69. The predicted molar refractivity (Wildman–Crippen MR) is 115 cm³/mol. The number of hydrogen-bond donors (Lipinski definition) is 2. The van der Waals surface area contributed by atoms with Gasteiger partial charge in [-0.05, 0) is 35.2 Å². The van der Waals surface area contributed by atoms with Crippen LogP contribution in [0.15, 0.2) is 48.5 Å². The van der Waals surface area contributed by atoms with Crippen LogP contribution in [-0.4, -0.2) is 36.3 Å². The molecule has 2 N–H and O–H groups in total. The molecule has 2 aromatic rings. The molecule has 0 bridgehead atoms. The van der Waals surface area contributed by atoms with Crippen molar-refractivity contribution in [2.24, 2.45) is 0 Å². The van der Waals surface area contributed by atoms with Crippen LogP contribution in [0.4, 0.5) is 5.69 Å². The number of benzene rings is 2. The Morgan fingerprint density at radius 1 is 1.07 bits per heavy atom. The highest BCUT2D eigenvalue weighted by molar-refractivity contribution is 5.88. The molecular formula is C22H28ClN3O2. The predicted octanol–water partition coefficient (Wildman–Crippen LogP) is 3.34. The van der Waals surface area contributed by atoms with Crippen LogP contribution in [0.1, 0.15) is 36.6 Å². The number of halogens is 1. The Kier molecular flexibility index (Phi) is 8.03. The Hall–Kier alpha value is -2.37. The summed E-state index contributed by atoms with van der Waals surface area (Å²) in [6.07, 6.45) is 1.38. The van der Waals surface area contributed by atoms with E-state index in [1.807, 2.05) is 29.2 Å². The van der Waals surface area contributed by atoms with Crippen LogP contribution in [0.2, 0.25) is 0 Å². The molecule has 1 fully saturated rings. The molecule has 1 aliphatic rings. The van der Waals surface area contributed by atoms with E-state index in [2.05, 4.69) is 41.8 Å². The number of amides is 2. The first-order valence-corrected chi connectivity index (χ1v) is 9.52. The maximum absolute atomic E-state index is 13.0. The van der Waals surface area contributed by atoms with E-state index >= 15 is 0 Å². The maximum atomic E-state index is 13.0. The van der Waals surface area contributed by atoms with E-state index in [0.29, 0.717) is 13.0 Å². The SMILES string of the molecule is CCc1ccc(C2CNCCN2C(=O)Cc2ccc(NC(C)=O)cc2)cc1.Cl. The molecule has 28 heavy (non-hydrogen) atoms. The third-order valence-electron chi connectivity index (χ3n) is 4.97. The summed E-state index contributed by atoms with van der Waals surface area (Å²) in [5.41, 5.74) is 4.18. The van der Waals surface area contributed by atoms with E-state index in [1.54, 1.807) is 0 Å². The standard InChI is InChI=1S/C22H27N3O2.ClH/c1-3-17-4-8-19(9-5-17)21-15-23-12-13-25(21)22(27)14-18-6-10-20(11-7-18)24-16(2)26;/h4-11,21,23H,3,12-15H2,1-2H3,(H,24,26);1H. The number of carbonyl (C=O) groups excluding carboxylic acids is 2. The molecule has 2 amide bonds. The zero-order chi connectivity index (χ0) is 19.2. The second-order valence-electron chi connectivity index (χ2n) is 6.96. The lowest BCUT2D eigenvalue weighted by Crippen LogP contribution is -2.49. The Labute approximate surface area is 172 Å². The van der Waals surface area contributed by atoms with E-state index in [0.717, 1.165) is 30.8 Å². The average molecular weight is 402 g/mol. The molecular weight excluding hydrogens is 374 g/mol. The van der Waals surface area contributed by atoms with Crippen molar-refractivity contribution in [1.82, 2.24) is 10.2 Å². The minimum atomic E-state index is -0.100. The van der Waals surface area contributed by atoms with Gasteiger partial charge in [0, 0.05) is 32.2 Å². The topological polar surface area (TPSA) is 61.4 Å². The fourth-order valence-electron chi connectivity index (χ4n) is 3.46. The number of rotatable bonds is 5. The summed E-state index contributed by atoms with van der Waals surface area (Å²) in [5.74, 6) is 0.0323. The smallest absolute Gasteiger partial charge is 0.227 e. The molecule has 1 saturated heterocycles. The summed E-state index contributed by atoms with van der Waals surface area (Å²) in [6, 6.07) is 16.1. The summed E-state index contributed by atoms with van der Waals surface area (Å²) in [5, 5.41) is 6.15. The number of anilines is 1. The van der Waals surface area contributed by atoms with Crippen LogP contribution in [0.5, 0.6) is 0 Å². The van der Waals surface area contributed by atoms with Gasteiger partial charge >= 0.3 is 0 Å². The number of piperazine rings is 1. The van der Waals surface area contributed by atoms with Crippen LogP contribution in [0, 0.1) is 0 Å². The fraction of sp³-hybridized carbons (Fsp3) is 0.364. The Balaban J connectivity index is 0.00000280. The third-order valence-corrected chi connectivity index (χ3v) is 4.97. The number of hydrogen-bond acceptors (Lipinski definition) is 3. The molecule has 2 aromatic carbocycles.